The molecule has 18 heavy (non-hydrogen) atoms. The average Bonchev–Trinajstić information content (AvgIpc) is 2.58. The second-order valence-corrected chi connectivity index (χ2v) is 6.07. The molecule has 0 radical (unpaired) electrons. The van der Waals surface area contributed by atoms with Crippen LogP contribution in [0.5, 0.6) is 5.75 Å². The zero-order chi connectivity index (χ0) is 13.7. The van der Waals surface area contributed by atoms with Crippen LogP contribution in [-0.4, -0.2) is 12.9 Å². The van der Waals surface area contributed by atoms with Crippen molar-refractivity contribution in [2.75, 3.05) is 7.11 Å². The molecule has 0 saturated heterocycles. The SMILES string of the molecule is COc1cc2c(c(Cl)c1Cl)C(=O)C(C)(C(C)C)C2. The third kappa shape index (κ3) is 1.74. The molecule has 98 valence electrons. The summed E-state index contributed by atoms with van der Waals surface area (Å²) in [6, 6.07) is 1.83. The summed E-state index contributed by atoms with van der Waals surface area (Å²) < 4.78 is 5.19. The average molecular weight is 287 g/mol. The third-order valence-electron chi connectivity index (χ3n) is 4.05. The van der Waals surface area contributed by atoms with Crippen molar-refractivity contribution in [3.63, 3.8) is 0 Å². The normalized spacial score (nSPS) is 22.5. The van der Waals surface area contributed by atoms with E-state index in [0.717, 1.165) is 5.56 Å². The van der Waals surface area contributed by atoms with Gasteiger partial charge in [-0.05, 0) is 24.0 Å². The van der Waals surface area contributed by atoms with Crippen molar-refractivity contribution >= 4 is 29.0 Å². The van der Waals surface area contributed by atoms with Gasteiger partial charge >= 0.3 is 0 Å². The van der Waals surface area contributed by atoms with Gasteiger partial charge in [0.2, 0.25) is 0 Å². The van der Waals surface area contributed by atoms with Crippen LogP contribution in [0.4, 0.5) is 0 Å². The molecule has 2 rings (SSSR count). The molecule has 1 aliphatic rings. The highest BCUT2D eigenvalue weighted by Crippen LogP contribution is 2.48. The molecular formula is C14H16Cl2O2. The highest BCUT2D eigenvalue weighted by molar-refractivity contribution is 6.45. The van der Waals surface area contributed by atoms with Crippen LogP contribution in [0, 0.1) is 11.3 Å². The first-order valence-corrected chi connectivity index (χ1v) is 6.68. The second-order valence-electron chi connectivity index (χ2n) is 5.32. The molecule has 0 aromatic heterocycles. The molecule has 1 unspecified atom stereocenters. The van der Waals surface area contributed by atoms with Crippen molar-refractivity contribution in [3.8, 4) is 5.75 Å². The van der Waals surface area contributed by atoms with Gasteiger partial charge in [0.1, 0.15) is 10.8 Å². The van der Waals surface area contributed by atoms with Crippen molar-refractivity contribution in [2.24, 2.45) is 11.3 Å². The molecule has 0 N–H and O–H groups in total. The number of halogens is 2. The van der Waals surface area contributed by atoms with E-state index in [2.05, 4.69) is 13.8 Å². The van der Waals surface area contributed by atoms with Gasteiger partial charge < -0.3 is 4.74 Å². The summed E-state index contributed by atoms with van der Waals surface area (Å²) in [5.41, 5.74) is 1.10. The lowest BCUT2D eigenvalue weighted by Gasteiger charge is -2.26. The van der Waals surface area contributed by atoms with Gasteiger partial charge in [-0.2, -0.15) is 0 Å². The fourth-order valence-corrected chi connectivity index (χ4v) is 2.94. The lowest BCUT2D eigenvalue weighted by Crippen LogP contribution is -2.30. The number of benzene rings is 1. The number of Topliss-reactive ketones (excluding diaryl/α,β-unsaturated/α-hetero) is 1. The Hall–Kier alpha value is -0.730. The maximum Gasteiger partial charge on any atom is 0.171 e. The van der Waals surface area contributed by atoms with Gasteiger partial charge in [-0.3, -0.25) is 4.79 Å². The minimum atomic E-state index is -0.401. The third-order valence-corrected chi connectivity index (χ3v) is 4.90. The van der Waals surface area contributed by atoms with Crippen LogP contribution in [0.3, 0.4) is 0 Å². The summed E-state index contributed by atoms with van der Waals surface area (Å²) in [6.07, 6.45) is 0.687. The fourth-order valence-electron chi connectivity index (χ4n) is 2.41. The summed E-state index contributed by atoms with van der Waals surface area (Å²) in [7, 11) is 1.54. The van der Waals surface area contributed by atoms with E-state index in [0.29, 0.717) is 27.8 Å². The van der Waals surface area contributed by atoms with Gasteiger partial charge in [0.15, 0.2) is 5.78 Å². The number of hydrogen-bond acceptors (Lipinski definition) is 2. The molecule has 2 nitrogen and oxygen atoms in total. The van der Waals surface area contributed by atoms with E-state index in [1.54, 1.807) is 7.11 Å². The number of methoxy groups -OCH3 is 1. The van der Waals surface area contributed by atoms with Crippen molar-refractivity contribution in [3.05, 3.63) is 27.2 Å². The van der Waals surface area contributed by atoms with Crippen LogP contribution in [0.15, 0.2) is 6.07 Å². The van der Waals surface area contributed by atoms with Crippen LogP contribution < -0.4 is 4.74 Å². The van der Waals surface area contributed by atoms with E-state index in [1.165, 1.54) is 0 Å². The van der Waals surface area contributed by atoms with Crippen LogP contribution in [0.1, 0.15) is 36.7 Å². The Bertz CT molecular complexity index is 523. The largest absolute Gasteiger partial charge is 0.495 e. The van der Waals surface area contributed by atoms with Crippen molar-refractivity contribution < 1.29 is 9.53 Å². The van der Waals surface area contributed by atoms with Crippen LogP contribution in [-0.2, 0) is 6.42 Å². The Morgan fingerprint density at radius 3 is 2.44 bits per heavy atom. The van der Waals surface area contributed by atoms with Crippen molar-refractivity contribution in [2.45, 2.75) is 27.2 Å². The number of hydrogen-bond donors (Lipinski definition) is 0. The van der Waals surface area contributed by atoms with Gasteiger partial charge in [0, 0.05) is 11.0 Å². The van der Waals surface area contributed by atoms with Crippen LogP contribution >= 0.6 is 23.2 Å². The van der Waals surface area contributed by atoms with Gasteiger partial charge in [-0.1, -0.05) is 44.0 Å². The molecule has 0 bridgehead atoms. The maximum atomic E-state index is 12.5. The Morgan fingerprint density at radius 1 is 1.33 bits per heavy atom. The summed E-state index contributed by atoms with van der Waals surface area (Å²) in [5, 5.41) is 0.639. The highest BCUT2D eigenvalue weighted by atomic mass is 35.5. The molecule has 0 saturated carbocycles. The minimum Gasteiger partial charge on any atom is -0.495 e. The zero-order valence-electron chi connectivity index (χ0n) is 10.9. The molecule has 0 aliphatic heterocycles. The lowest BCUT2D eigenvalue weighted by molar-refractivity contribution is 0.0772. The van der Waals surface area contributed by atoms with Crippen molar-refractivity contribution in [1.29, 1.82) is 0 Å². The standard InChI is InChI=1S/C14H16Cl2O2/c1-7(2)14(3)6-8-5-9(18-4)11(15)12(16)10(8)13(14)17/h5,7H,6H2,1-4H3. The zero-order valence-corrected chi connectivity index (χ0v) is 12.4. The summed E-state index contributed by atoms with van der Waals surface area (Å²) >= 11 is 12.3. The summed E-state index contributed by atoms with van der Waals surface area (Å²) in [4.78, 5) is 12.5. The van der Waals surface area contributed by atoms with Gasteiger partial charge in [-0.15, -0.1) is 0 Å². The monoisotopic (exact) mass is 286 g/mol. The van der Waals surface area contributed by atoms with Crippen molar-refractivity contribution in [1.82, 2.24) is 0 Å². The fraction of sp³-hybridized carbons (Fsp3) is 0.500. The maximum absolute atomic E-state index is 12.5. The molecule has 4 heteroatoms. The number of rotatable bonds is 2. The van der Waals surface area contributed by atoms with Gasteiger partial charge in [0.05, 0.1) is 12.1 Å². The quantitative estimate of drug-likeness (QED) is 0.805. The lowest BCUT2D eigenvalue weighted by atomic mass is 9.76. The highest BCUT2D eigenvalue weighted by Gasteiger charge is 2.45. The van der Waals surface area contributed by atoms with Crippen LogP contribution in [0.25, 0.3) is 0 Å². The molecule has 1 aliphatic carbocycles. The minimum absolute atomic E-state index is 0.0852. The Kier molecular flexibility index (Phi) is 3.37. The first-order valence-electron chi connectivity index (χ1n) is 5.92. The van der Waals surface area contributed by atoms with E-state index >= 15 is 0 Å². The molecule has 0 fully saturated rings. The molecule has 1 atom stereocenters. The first-order chi connectivity index (χ1) is 8.32. The number of ketones is 1. The van der Waals surface area contributed by atoms with Gasteiger partial charge in [-0.25, -0.2) is 0 Å². The van der Waals surface area contributed by atoms with E-state index in [1.807, 2.05) is 13.0 Å². The first kappa shape index (κ1) is 13.7. The molecule has 0 spiro atoms. The molecule has 0 amide bonds. The van der Waals surface area contributed by atoms with Gasteiger partial charge in [0.25, 0.3) is 0 Å². The smallest absolute Gasteiger partial charge is 0.171 e. The summed E-state index contributed by atoms with van der Waals surface area (Å²) in [5.74, 6) is 0.863. The number of fused-ring (bicyclic) bond motifs is 1. The number of carbonyl (C=O) groups is 1. The van der Waals surface area contributed by atoms with E-state index in [-0.39, 0.29) is 11.7 Å². The Labute approximate surface area is 117 Å². The summed E-state index contributed by atoms with van der Waals surface area (Å²) in [6.45, 7) is 6.09. The second kappa shape index (κ2) is 4.43. The molecule has 1 aromatic carbocycles. The molecule has 0 heterocycles. The predicted octanol–water partition coefficient (Wildman–Crippen LogP) is 4.40. The molecular weight excluding hydrogens is 271 g/mol. The van der Waals surface area contributed by atoms with E-state index in [9.17, 15) is 4.79 Å². The number of ether oxygens (including phenoxy) is 1. The molecule has 1 aromatic rings. The number of carbonyl (C=O) groups excluding carboxylic acids is 1. The van der Waals surface area contributed by atoms with E-state index in [4.69, 9.17) is 27.9 Å². The topological polar surface area (TPSA) is 26.3 Å². The Balaban J connectivity index is 2.63. The predicted molar refractivity (Wildman–Crippen MR) is 74.0 cm³/mol. The van der Waals surface area contributed by atoms with E-state index < -0.39 is 5.41 Å². The van der Waals surface area contributed by atoms with Crippen LogP contribution in [0.2, 0.25) is 10.0 Å². The Morgan fingerprint density at radius 2 is 1.94 bits per heavy atom.